The van der Waals surface area contributed by atoms with Crippen molar-refractivity contribution in [3.05, 3.63) is 79.6 Å². The molecule has 1 aliphatic rings. The van der Waals surface area contributed by atoms with Gasteiger partial charge in [0.2, 0.25) is 0 Å². The Morgan fingerprint density at radius 1 is 1.06 bits per heavy atom. The van der Waals surface area contributed by atoms with Crippen LogP contribution in [0.1, 0.15) is 58.3 Å². The van der Waals surface area contributed by atoms with Crippen LogP contribution < -0.4 is 10.6 Å². The highest BCUT2D eigenvalue weighted by Gasteiger charge is 2.34. The van der Waals surface area contributed by atoms with Crippen LogP contribution in [0.5, 0.6) is 0 Å². The molecule has 0 radical (unpaired) electrons. The van der Waals surface area contributed by atoms with Gasteiger partial charge in [0.15, 0.2) is 0 Å². The maximum absolute atomic E-state index is 13.4. The van der Waals surface area contributed by atoms with Crippen molar-refractivity contribution in [1.82, 2.24) is 0 Å². The summed E-state index contributed by atoms with van der Waals surface area (Å²) in [5.41, 5.74) is 2.94. The molecule has 1 heterocycles. The second-order valence-electron chi connectivity index (χ2n) is 9.41. The van der Waals surface area contributed by atoms with Crippen molar-refractivity contribution in [1.29, 1.82) is 0 Å². The average molecular weight is 546 g/mol. The van der Waals surface area contributed by atoms with E-state index in [1.807, 2.05) is 18.2 Å². The number of benzene rings is 2. The van der Waals surface area contributed by atoms with E-state index >= 15 is 0 Å². The van der Waals surface area contributed by atoms with Gasteiger partial charge in [0.1, 0.15) is 5.00 Å². The smallest absolute Gasteiger partial charge is 0.258 e. The summed E-state index contributed by atoms with van der Waals surface area (Å²) in [4.78, 5) is 27.7. The van der Waals surface area contributed by atoms with E-state index < -0.39 is 0 Å². The predicted molar refractivity (Wildman–Crippen MR) is 141 cm³/mol. The summed E-state index contributed by atoms with van der Waals surface area (Å²) in [6, 6.07) is 14.3. The zero-order valence-corrected chi connectivity index (χ0v) is 22.0. The lowest BCUT2D eigenvalue weighted by atomic mass is 9.72. The highest BCUT2D eigenvalue weighted by atomic mass is 79.9. The number of nitrogens with one attached hydrogen (secondary N) is 2. The van der Waals surface area contributed by atoms with Crippen LogP contribution in [-0.2, 0) is 12.8 Å². The SMILES string of the molecule is CC(C)(C)C1CCc2c(sc(NC(=O)c3ccccc3Br)c2C(=O)Nc2cccc(Cl)c2)C1. The van der Waals surface area contributed by atoms with Gasteiger partial charge in [-0.15, -0.1) is 11.3 Å². The van der Waals surface area contributed by atoms with Crippen molar-refractivity contribution < 1.29 is 9.59 Å². The minimum atomic E-state index is -0.245. The summed E-state index contributed by atoms with van der Waals surface area (Å²) < 4.78 is 0.710. The molecule has 0 spiro atoms. The Morgan fingerprint density at radius 2 is 1.82 bits per heavy atom. The van der Waals surface area contributed by atoms with E-state index in [4.69, 9.17) is 11.6 Å². The van der Waals surface area contributed by atoms with Crippen molar-refractivity contribution in [3.8, 4) is 0 Å². The van der Waals surface area contributed by atoms with Crippen LogP contribution in [0.25, 0.3) is 0 Å². The van der Waals surface area contributed by atoms with E-state index in [2.05, 4.69) is 47.3 Å². The fourth-order valence-corrected chi connectivity index (χ4v) is 6.20. The maximum atomic E-state index is 13.4. The van der Waals surface area contributed by atoms with Gasteiger partial charge in [-0.25, -0.2) is 0 Å². The minimum Gasteiger partial charge on any atom is -0.322 e. The quantitative estimate of drug-likeness (QED) is 0.351. The van der Waals surface area contributed by atoms with Gasteiger partial charge >= 0.3 is 0 Å². The number of anilines is 2. The van der Waals surface area contributed by atoms with Crippen LogP contribution >= 0.6 is 38.9 Å². The maximum Gasteiger partial charge on any atom is 0.258 e. The number of hydrogen-bond acceptors (Lipinski definition) is 3. The third-order valence-electron chi connectivity index (χ3n) is 6.15. The Balaban J connectivity index is 1.70. The van der Waals surface area contributed by atoms with E-state index in [0.717, 1.165) is 24.8 Å². The molecule has 1 aromatic heterocycles. The van der Waals surface area contributed by atoms with Gasteiger partial charge in [-0.2, -0.15) is 0 Å². The highest BCUT2D eigenvalue weighted by Crippen LogP contribution is 2.44. The number of rotatable bonds is 4. The van der Waals surface area contributed by atoms with Crippen LogP contribution in [0.3, 0.4) is 0 Å². The first-order valence-electron chi connectivity index (χ1n) is 10.9. The Bertz CT molecular complexity index is 1220. The van der Waals surface area contributed by atoms with Crippen LogP contribution in [0.15, 0.2) is 53.0 Å². The Labute approximate surface area is 211 Å². The van der Waals surface area contributed by atoms with E-state index in [9.17, 15) is 9.59 Å². The molecule has 1 aliphatic carbocycles. The zero-order chi connectivity index (χ0) is 23.8. The van der Waals surface area contributed by atoms with Gasteiger partial charge in [-0.1, -0.05) is 50.6 Å². The second-order valence-corrected chi connectivity index (χ2v) is 11.8. The molecule has 2 N–H and O–H groups in total. The van der Waals surface area contributed by atoms with Crippen LogP contribution in [-0.4, -0.2) is 11.8 Å². The predicted octanol–water partition coefficient (Wildman–Crippen LogP) is 7.82. The molecule has 0 aliphatic heterocycles. The Hall–Kier alpha value is -2.15. The summed E-state index contributed by atoms with van der Waals surface area (Å²) in [5.74, 6) is 0.0518. The fraction of sp³-hybridized carbons (Fsp3) is 0.308. The first kappa shape index (κ1) is 24.0. The van der Waals surface area contributed by atoms with E-state index in [1.165, 1.54) is 16.2 Å². The number of thiophene rings is 1. The van der Waals surface area contributed by atoms with Crippen molar-refractivity contribution in [2.24, 2.45) is 11.3 Å². The van der Waals surface area contributed by atoms with Crippen LogP contribution in [0.4, 0.5) is 10.7 Å². The molecule has 0 bridgehead atoms. The van der Waals surface area contributed by atoms with Crippen molar-refractivity contribution in [2.75, 3.05) is 10.6 Å². The minimum absolute atomic E-state index is 0.184. The molecule has 4 nitrogen and oxygen atoms in total. The summed E-state index contributed by atoms with van der Waals surface area (Å²) in [5, 5.41) is 7.13. The molecule has 1 unspecified atom stereocenters. The summed E-state index contributed by atoms with van der Waals surface area (Å²) in [6.07, 6.45) is 2.74. The summed E-state index contributed by atoms with van der Waals surface area (Å²) >= 11 is 11.1. The topological polar surface area (TPSA) is 58.2 Å². The van der Waals surface area contributed by atoms with Crippen molar-refractivity contribution in [3.63, 3.8) is 0 Å². The van der Waals surface area contributed by atoms with E-state index in [-0.39, 0.29) is 17.2 Å². The second kappa shape index (κ2) is 9.61. The van der Waals surface area contributed by atoms with Gasteiger partial charge in [0, 0.05) is 20.1 Å². The number of halogens is 2. The molecule has 7 heteroatoms. The van der Waals surface area contributed by atoms with Gasteiger partial charge in [0.05, 0.1) is 11.1 Å². The Morgan fingerprint density at radius 3 is 2.52 bits per heavy atom. The molecule has 3 aromatic rings. The number of carbonyl (C=O) groups excluding carboxylic acids is 2. The van der Waals surface area contributed by atoms with E-state index in [0.29, 0.717) is 37.2 Å². The molecule has 4 rings (SSSR count). The molecule has 0 saturated heterocycles. The van der Waals surface area contributed by atoms with Gasteiger partial charge in [-0.05, 0) is 82.4 Å². The lowest BCUT2D eigenvalue weighted by Crippen LogP contribution is -2.27. The molecular formula is C26H26BrClN2O2S. The standard InChI is InChI=1S/C26H26BrClN2O2S/c1-26(2,3)15-11-12-19-21(13-15)33-25(30-23(31)18-9-4-5-10-20(18)27)22(19)24(32)29-17-8-6-7-16(28)14-17/h4-10,14-15H,11-13H2,1-3H3,(H,29,32)(H,30,31). The van der Waals surface area contributed by atoms with Gasteiger partial charge < -0.3 is 10.6 Å². The molecule has 2 amide bonds. The number of fused-ring (bicyclic) bond motifs is 1. The zero-order valence-electron chi connectivity index (χ0n) is 18.8. The lowest BCUT2D eigenvalue weighted by molar-refractivity contribution is 0.102. The molecule has 1 atom stereocenters. The third-order valence-corrected chi connectivity index (χ3v) is 8.24. The average Bonchev–Trinajstić information content (AvgIpc) is 3.10. The number of amides is 2. The van der Waals surface area contributed by atoms with Crippen LogP contribution in [0.2, 0.25) is 5.02 Å². The third kappa shape index (κ3) is 5.34. The first-order valence-corrected chi connectivity index (χ1v) is 12.9. The monoisotopic (exact) mass is 544 g/mol. The van der Waals surface area contributed by atoms with Gasteiger partial charge in [0.25, 0.3) is 11.8 Å². The molecule has 0 saturated carbocycles. The first-order chi connectivity index (χ1) is 15.6. The largest absolute Gasteiger partial charge is 0.322 e. The molecule has 2 aromatic carbocycles. The molecule has 33 heavy (non-hydrogen) atoms. The number of hydrogen-bond donors (Lipinski definition) is 2. The van der Waals surface area contributed by atoms with Crippen LogP contribution in [0, 0.1) is 11.3 Å². The van der Waals surface area contributed by atoms with Gasteiger partial charge in [-0.3, -0.25) is 9.59 Å². The molecule has 0 fully saturated rings. The Kier molecular flexibility index (Phi) is 6.99. The molecular weight excluding hydrogens is 520 g/mol. The number of carbonyl (C=O) groups is 2. The van der Waals surface area contributed by atoms with Crippen molar-refractivity contribution in [2.45, 2.75) is 40.0 Å². The fourth-order valence-electron chi connectivity index (χ4n) is 4.23. The van der Waals surface area contributed by atoms with Crippen molar-refractivity contribution >= 4 is 61.4 Å². The highest BCUT2D eigenvalue weighted by molar-refractivity contribution is 9.10. The summed E-state index contributed by atoms with van der Waals surface area (Å²) in [6.45, 7) is 6.79. The summed E-state index contributed by atoms with van der Waals surface area (Å²) in [7, 11) is 0. The lowest BCUT2D eigenvalue weighted by Gasteiger charge is -2.33. The molecule has 172 valence electrons. The normalized spacial score (nSPS) is 15.6. The van der Waals surface area contributed by atoms with E-state index in [1.54, 1.807) is 30.3 Å².